The predicted molar refractivity (Wildman–Crippen MR) is 138 cm³/mol. The zero-order valence-corrected chi connectivity index (χ0v) is 20.8. The van der Waals surface area contributed by atoms with Crippen LogP contribution in [0.25, 0.3) is 22.6 Å². The van der Waals surface area contributed by atoms with E-state index >= 15 is 0 Å². The van der Waals surface area contributed by atoms with Crippen molar-refractivity contribution in [3.05, 3.63) is 64.0 Å². The second-order valence-corrected chi connectivity index (χ2v) is 10.7. The first-order valence-electron chi connectivity index (χ1n) is 12.2. The second kappa shape index (κ2) is 9.74. The number of carbonyl (C=O) groups excluding carboxylic acids is 2. The fourth-order valence-electron chi connectivity index (χ4n) is 5.21. The third kappa shape index (κ3) is 4.65. The number of rotatable bonds is 7. The van der Waals surface area contributed by atoms with Gasteiger partial charge in [0, 0.05) is 35.5 Å². The molecule has 1 N–H and O–H groups in total. The average Bonchev–Trinajstić information content (AvgIpc) is 3.47. The summed E-state index contributed by atoms with van der Waals surface area (Å²) in [6.07, 6.45) is 6.49. The minimum Gasteiger partial charge on any atom is -0.506 e. The number of benzene rings is 1. The molecule has 0 radical (unpaired) electrons. The molecule has 35 heavy (non-hydrogen) atoms. The van der Waals surface area contributed by atoms with E-state index in [4.69, 9.17) is 4.98 Å². The number of hydrogen-bond donors (Lipinski definition) is 1. The Morgan fingerprint density at radius 1 is 1.14 bits per heavy atom. The number of Topliss-reactive ketones (excluding diaryl/α,β-unsaturated/α-hetero) is 2. The van der Waals surface area contributed by atoms with Crippen molar-refractivity contribution in [2.75, 3.05) is 0 Å². The molecule has 1 aliphatic rings. The Bertz CT molecular complexity index is 1400. The predicted octanol–water partition coefficient (Wildman–Crippen LogP) is 6.77. The number of imidazole rings is 1. The first kappa shape index (κ1) is 23.4. The SMILES string of the molecule is CCC(=O)c1ccc2c(c1)nc(-c1ncccc1O)n2[C@H]1CCC[C@@H](CC(=O)c2ccc(C)s2)C1. The third-order valence-corrected chi connectivity index (χ3v) is 7.98. The monoisotopic (exact) mass is 487 g/mol. The van der Waals surface area contributed by atoms with Crippen LogP contribution in [0.3, 0.4) is 0 Å². The van der Waals surface area contributed by atoms with Crippen molar-refractivity contribution >= 4 is 33.9 Å². The highest BCUT2D eigenvalue weighted by molar-refractivity contribution is 7.14. The van der Waals surface area contributed by atoms with E-state index in [0.717, 1.165) is 46.5 Å². The number of hydrogen-bond acceptors (Lipinski definition) is 6. The van der Waals surface area contributed by atoms with E-state index in [1.807, 2.05) is 44.2 Å². The molecular weight excluding hydrogens is 458 g/mol. The number of pyridine rings is 1. The molecule has 6 nitrogen and oxygen atoms in total. The summed E-state index contributed by atoms with van der Waals surface area (Å²) in [5.74, 6) is 1.25. The highest BCUT2D eigenvalue weighted by Gasteiger charge is 2.30. The number of aryl methyl sites for hydroxylation is 1. The minimum absolute atomic E-state index is 0.0729. The smallest absolute Gasteiger partial charge is 0.173 e. The molecule has 4 aromatic rings. The van der Waals surface area contributed by atoms with Crippen LogP contribution in [0.5, 0.6) is 5.75 Å². The largest absolute Gasteiger partial charge is 0.506 e. The maximum atomic E-state index is 12.9. The van der Waals surface area contributed by atoms with Crippen molar-refractivity contribution in [1.29, 1.82) is 0 Å². The zero-order chi connectivity index (χ0) is 24.5. The Hall–Kier alpha value is -3.32. The van der Waals surface area contributed by atoms with Gasteiger partial charge in [-0.15, -0.1) is 11.3 Å². The number of carbonyl (C=O) groups is 2. The van der Waals surface area contributed by atoms with E-state index < -0.39 is 0 Å². The summed E-state index contributed by atoms with van der Waals surface area (Å²) in [7, 11) is 0. The maximum absolute atomic E-state index is 12.9. The fraction of sp³-hybridized carbons (Fsp3) is 0.357. The molecule has 1 aromatic carbocycles. The molecule has 0 saturated heterocycles. The van der Waals surface area contributed by atoms with Crippen LogP contribution in [0.1, 0.15) is 76.4 Å². The minimum atomic E-state index is 0.0729. The lowest BCUT2D eigenvalue weighted by atomic mass is 9.82. The highest BCUT2D eigenvalue weighted by Crippen LogP contribution is 2.41. The van der Waals surface area contributed by atoms with Gasteiger partial charge in [0.15, 0.2) is 17.4 Å². The van der Waals surface area contributed by atoms with Crippen LogP contribution in [0.4, 0.5) is 0 Å². The quantitative estimate of drug-likeness (QED) is 0.291. The van der Waals surface area contributed by atoms with Gasteiger partial charge < -0.3 is 9.67 Å². The lowest BCUT2D eigenvalue weighted by Crippen LogP contribution is -2.22. The molecular formula is C28H29N3O3S. The van der Waals surface area contributed by atoms with Crippen molar-refractivity contribution in [3.8, 4) is 17.3 Å². The molecule has 2 atom stereocenters. The summed E-state index contributed by atoms with van der Waals surface area (Å²) < 4.78 is 2.17. The average molecular weight is 488 g/mol. The molecule has 0 unspecified atom stereocenters. The Kier molecular flexibility index (Phi) is 6.52. The summed E-state index contributed by atoms with van der Waals surface area (Å²) in [6.45, 7) is 3.87. The Labute approximate surface area is 208 Å². The summed E-state index contributed by atoms with van der Waals surface area (Å²) in [5, 5.41) is 10.6. The standard InChI is InChI=1S/C28H29N3O3S/c1-3-23(32)19-10-11-22-21(16-19)30-28(27-24(33)8-5-13-29-27)31(22)20-7-4-6-18(14-20)15-25(34)26-12-9-17(2)35-26/h5,8-13,16,18,20,33H,3-4,6-7,14-15H2,1-2H3/t18-,20+/m1/s1. The van der Waals surface area contributed by atoms with Crippen LogP contribution in [-0.4, -0.2) is 31.2 Å². The molecule has 1 aliphatic carbocycles. The van der Waals surface area contributed by atoms with Crippen LogP contribution >= 0.6 is 11.3 Å². The van der Waals surface area contributed by atoms with Crippen LogP contribution < -0.4 is 0 Å². The topological polar surface area (TPSA) is 85.1 Å². The molecule has 5 rings (SSSR count). The van der Waals surface area contributed by atoms with E-state index in [9.17, 15) is 14.7 Å². The van der Waals surface area contributed by atoms with Crippen molar-refractivity contribution in [2.24, 2.45) is 5.92 Å². The van der Waals surface area contributed by atoms with E-state index in [1.54, 1.807) is 29.7 Å². The van der Waals surface area contributed by atoms with Crippen LogP contribution in [0.2, 0.25) is 0 Å². The van der Waals surface area contributed by atoms with Crippen molar-refractivity contribution in [1.82, 2.24) is 14.5 Å². The number of ketones is 2. The van der Waals surface area contributed by atoms with Gasteiger partial charge in [0.1, 0.15) is 11.4 Å². The number of thiophene rings is 1. The van der Waals surface area contributed by atoms with Gasteiger partial charge in [-0.3, -0.25) is 9.59 Å². The molecule has 0 bridgehead atoms. The zero-order valence-electron chi connectivity index (χ0n) is 20.0. The van der Waals surface area contributed by atoms with Crippen molar-refractivity contribution < 1.29 is 14.7 Å². The van der Waals surface area contributed by atoms with Gasteiger partial charge in [0.05, 0.1) is 15.9 Å². The van der Waals surface area contributed by atoms with E-state index in [1.165, 1.54) is 0 Å². The van der Waals surface area contributed by atoms with Gasteiger partial charge in [0.2, 0.25) is 0 Å². The molecule has 0 amide bonds. The van der Waals surface area contributed by atoms with Gasteiger partial charge >= 0.3 is 0 Å². The van der Waals surface area contributed by atoms with E-state index in [2.05, 4.69) is 9.55 Å². The number of aromatic hydroxyl groups is 1. The molecule has 0 spiro atoms. The molecule has 0 aliphatic heterocycles. The van der Waals surface area contributed by atoms with Gasteiger partial charge in [-0.25, -0.2) is 9.97 Å². The lowest BCUT2D eigenvalue weighted by Gasteiger charge is -2.31. The van der Waals surface area contributed by atoms with Crippen LogP contribution in [-0.2, 0) is 0 Å². The lowest BCUT2D eigenvalue weighted by molar-refractivity contribution is 0.0944. The normalized spacial score (nSPS) is 18.1. The molecule has 1 saturated carbocycles. The highest BCUT2D eigenvalue weighted by atomic mass is 32.1. The van der Waals surface area contributed by atoms with Crippen LogP contribution in [0.15, 0.2) is 48.7 Å². The van der Waals surface area contributed by atoms with Gasteiger partial charge in [0.25, 0.3) is 0 Å². The number of nitrogens with zero attached hydrogens (tertiary/aromatic N) is 3. The first-order chi connectivity index (χ1) is 16.9. The number of aromatic nitrogens is 3. The Morgan fingerprint density at radius 2 is 2.00 bits per heavy atom. The molecule has 3 heterocycles. The second-order valence-electron chi connectivity index (χ2n) is 9.38. The Morgan fingerprint density at radius 3 is 2.74 bits per heavy atom. The third-order valence-electron chi connectivity index (χ3n) is 6.94. The van der Waals surface area contributed by atoms with Gasteiger partial charge in [-0.05, 0) is 74.6 Å². The van der Waals surface area contributed by atoms with Crippen molar-refractivity contribution in [2.45, 2.75) is 58.4 Å². The van der Waals surface area contributed by atoms with Crippen molar-refractivity contribution in [3.63, 3.8) is 0 Å². The summed E-state index contributed by atoms with van der Waals surface area (Å²) in [4.78, 5) is 36.5. The summed E-state index contributed by atoms with van der Waals surface area (Å²) >= 11 is 1.56. The van der Waals surface area contributed by atoms with E-state index in [0.29, 0.717) is 29.9 Å². The summed E-state index contributed by atoms with van der Waals surface area (Å²) in [6, 6.07) is 13.0. The van der Waals surface area contributed by atoms with Gasteiger partial charge in [-0.2, -0.15) is 0 Å². The maximum Gasteiger partial charge on any atom is 0.173 e. The van der Waals surface area contributed by atoms with Gasteiger partial charge in [-0.1, -0.05) is 13.3 Å². The van der Waals surface area contributed by atoms with E-state index in [-0.39, 0.29) is 29.3 Å². The number of fused-ring (bicyclic) bond motifs is 1. The Balaban J connectivity index is 1.52. The summed E-state index contributed by atoms with van der Waals surface area (Å²) in [5.41, 5.74) is 2.71. The molecule has 180 valence electrons. The first-order valence-corrected chi connectivity index (χ1v) is 13.1. The fourth-order valence-corrected chi connectivity index (χ4v) is 6.03. The molecule has 1 fully saturated rings. The van der Waals surface area contributed by atoms with Crippen LogP contribution in [0, 0.1) is 12.8 Å². The molecule has 7 heteroatoms. The molecule has 3 aromatic heterocycles.